The van der Waals surface area contributed by atoms with Gasteiger partial charge in [-0.25, -0.2) is 0 Å². The first kappa shape index (κ1) is 16.3. The summed E-state index contributed by atoms with van der Waals surface area (Å²) in [4.78, 5) is 0. The van der Waals surface area contributed by atoms with Crippen molar-refractivity contribution in [2.75, 3.05) is 0 Å². The lowest BCUT2D eigenvalue weighted by Crippen LogP contribution is -1.90. The van der Waals surface area contributed by atoms with Crippen LogP contribution in [0.4, 0.5) is 0 Å². The van der Waals surface area contributed by atoms with Gasteiger partial charge in [0, 0.05) is 0 Å². The first-order chi connectivity index (χ1) is 7.81. The van der Waals surface area contributed by atoms with Gasteiger partial charge in [0.25, 0.3) is 0 Å². The summed E-state index contributed by atoms with van der Waals surface area (Å²) in [6.45, 7) is 4.52. The van der Waals surface area contributed by atoms with E-state index in [2.05, 4.69) is 13.8 Å². The summed E-state index contributed by atoms with van der Waals surface area (Å²) in [6.07, 6.45) is 15.8. The second-order valence-electron chi connectivity index (χ2n) is 4.85. The zero-order valence-corrected chi connectivity index (χ0v) is 12.1. The maximum absolute atomic E-state index is 6.22. The minimum Gasteiger partial charge on any atom is -0.117 e. The van der Waals surface area contributed by atoms with Crippen molar-refractivity contribution in [3.05, 3.63) is 5.38 Å². The van der Waals surface area contributed by atoms with E-state index >= 15 is 0 Å². The Morgan fingerprint density at radius 2 is 1.00 bits per heavy atom. The fourth-order valence-corrected chi connectivity index (χ4v) is 2.23. The van der Waals surface area contributed by atoms with Crippen LogP contribution in [0.15, 0.2) is 0 Å². The highest BCUT2D eigenvalue weighted by Crippen LogP contribution is 2.23. The normalized spacial score (nSPS) is 11.2. The van der Waals surface area contributed by atoms with Crippen LogP contribution in [0.5, 0.6) is 0 Å². The second-order valence-corrected chi connectivity index (χ2v) is 5.38. The van der Waals surface area contributed by atoms with E-state index in [0.717, 1.165) is 12.8 Å². The Morgan fingerprint density at radius 3 is 1.50 bits per heavy atom. The minimum absolute atomic E-state index is 1.15. The highest BCUT2D eigenvalue weighted by atomic mass is 35.5. The van der Waals surface area contributed by atoms with Gasteiger partial charge in [-0.15, -0.1) is 11.6 Å². The van der Waals surface area contributed by atoms with Crippen LogP contribution in [0.3, 0.4) is 0 Å². The fourth-order valence-electron chi connectivity index (χ4n) is 1.97. The summed E-state index contributed by atoms with van der Waals surface area (Å²) in [5, 5.41) is 1.21. The van der Waals surface area contributed by atoms with Crippen LogP contribution in [-0.2, 0) is 0 Å². The second kappa shape index (κ2) is 13.4. The summed E-state index contributed by atoms with van der Waals surface area (Å²) < 4.78 is 0. The first-order valence-corrected chi connectivity index (χ1v) is 7.69. The third kappa shape index (κ3) is 12.4. The van der Waals surface area contributed by atoms with Crippen molar-refractivity contribution in [3.63, 3.8) is 0 Å². The molecule has 0 atom stereocenters. The SMILES string of the molecule is CCCCCCCC[C](Cl)CCCCCC. The van der Waals surface area contributed by atoms with Crippen LogP contribution in [-0.4, -0.2) is 0 Å². The van der Waals surface area contributed by atoms with Crippen LogP contribution in [0.25, 0.3) is 0 Å². The molecule has 0 heterocycles. The molecule has 0 aromatic carbocycles. The molecule has 0 spiro atoms. The zero-order valence-electron chi connectivity index (χ0n) is 11.4. The molecule has 16 heavy (non-hydrogen) atoms. The molecule has 0 fully saturated rings. The molecular formula is C15H30Cl. The van der Waals surface area contributed by atoms with E-state index < -0.39 is 0 Å². The van der Waals surface area contributed by atoms with Gasteiger partial charge >= 0.3 is 0 Å². The molecule has 0 bridgehead atoms. The number of hydrogen-bond donors (Lipinski definition) is 0. The van der Waals surface area contributed by atoms with Gasteiger partial charge in [-0.1, -0.05) is 78.1 Å². The third-order valence-corrected chi connectivity index (χ3v) is 3.48. The van der Waals surface area contributed by atoms with Crippen molar-refractivity contribution in [1.82, 2.24) is 0 Å². The summed E-state index contributed by atoms with van der Waals surface area (Å²) in [5.41, 5.74) is 0. The van der Waals surface area contributed by atoms with Crippen LogP contribution < -0.4 is 0 Å². The molecule has 0 saturated carbocycles. The average molecular weight is 246 g/mol. The van der Waals surface area contributed by atoms with Crippen LogP contribution in [0.1, 0.15) is 90.9 Å². The number of hydrogen-bond acceptors (Lipinski definition) is 0. The highest BCUT2D eigenvalue weighted by Gasteiger charge is 2.04. The minimum atomic E-state index is 1.15. The third-order valence-electron chi connectivity index (χ3n) is 3.10. The monoisotopic (exact) mass is 245 g/mol. The molecule has 1 heteroatoms. The average Bonchev–Trinajstić information content (AvgIpc) is 2.29. The van der Waals surface area contributed by atoms with Gasteiger partial charge in [0.05, 0.1) is 5.38 Å². The molecular weight excluding hydrogens is 216 g/mol. The molecule has 0 aliphatic heterocycles. The first-order valence-electron chi connectivity index (χ1n) is 7.31. The van der Waals surface area contributed by atoms with Gasteiger partial charge in [-0.05, 0) is 12.8 Å². The Bertz CT molecular complexity index is 123. The van der Waals surface area contributed by atoms with Gasteiger partial charge in [0.2, 0.25) is 0 Å². The van der Waals surface area contributed by atoms with E-state index in [1.54, 1.807) is 0 Å². The van der Waals surface area contributed by atoms with Gasteiger partial charge < -0.3 is 0 Å². The molecule has 0 aromatic heterocycles. The van der Waals surface area contributed by atoms with Gasteiger partial charge in [0.1, 0.15) is 0 Å². The standard InChI is InChI=1S/C15H30Cl/c1-3-5-7-9-10-12-14-15(16)13-11-8-6-4-2/h3-14H2,1-2H3. The molecule has 0 amide bonds. The predicted octanol–water partition coefficient (Wildman–Crippen LogP) is 6.48. The lowest BCUT2D eigenvalue weighted by molar-refractivity contribution is 0.584. The summed E-state index contributed by atoms with van der Waals surface area (Å²) in [7, 11) is 0. The lowest BCUT2D eigenvalue weighted by Gasteiger charge is -2.07. The van der Waals surface area contributed by atoms with Gasteiger partial charge in [0.15, 0.2) is 0 Å². The van der Waals surface area contributed by atoms with E-state index in [1.165, 1.54) is 69.6 Å². The van der Waals surface area contributed by atoms with Crippen LogP contribution in [0, 0.1) is 5.38 Å². The van der Waals surface area contributed by atoms with Gasteiger partial charge in [-0.3, -0.25) is 0 Å². The summed E-state index contributed by atoms with van der Waals surface area (Å²) >= 11 is 6.22. The lowest BCUT2D eigenvalue weighted by atomic mass is 10.0. The maximum Gasteiger partial charge on any atom is 0.0637 e. The molecule has 0 aliphatic carbocycles. The van der Waals surface area contributed by atoms with Crippen molar-refractivity contribution < 1.29 is 0 Å². The largest absolute Gasteiger partial charge is 0.117 e. The predicted molar refractivity (Wildman–Crippen MR) is 75.8 cm³/mol. The van der Waals surface area contributed by atoms with E-state index in [9.17, 15) is 0 Å². The van der Waals surface area contributed by atoms with Crippen molar-refractivity contribution in [2.24, 2.45) is 0 Å². The van der Waals surface area contributed by atoms with E-state index in [-0.39, 0.29) is 0 Å². The molecule has 0 rings (SSSR count). The smallest absolute Gasteiger partial charge is 0.0637 e. The summed E-state index contributed by atoms with van der Waals surface area (Å²) in [5.74, 6) is 0. The fraction of sp³-hybridized carbons (Fsp3) is 0.933. The molecule has 97 valence electrons. The molecule has 0 aromatic rings. The molecule has 0 nitrogen and oxygen atoms in total. The number of halogens is 1. The van der Waals surface area contributed by atoms with Gasteiger partial charge in [-0.2, -0.15) is 0 Å². The quantitative estimate of drug-likeness (QED) is 0.345. The Labute approximate surface area is 108 Å². The van der Waals surface area contributed by atoms with Crippen molar-refractivity contribution in [3.8, 4) is 0 Å². The molecule has 1 radical (unpaired) electrons. The Hall–Kier alpha value is 0.290. The molecule has 0 aliphatic rings. The number of unbranched alkanes of at least 4 members (excludes halogenated alkanes) is 8. The van der Waals surface area contributed by atoms with Crippen molar-refractivity contribution in [2.45, 2.75) is 90.9 Å². The molecule has 0 saturated heterocycles. The highest BCUT2D eigenvalue weighted by molar-refractivity contribution is 6.26. The van der Waals surface area contributed by atoms with Crippen molar-refractivity contribution >= 4 is 11.6 Å². The number of rotatable bonds is 12. The van der Waals surface area contributed by atoms with Crippen LogP contribution in [0.2, 0.25) is 0 Å². The Morgan fingerprint density at radius 1 is 0.625 bits per heavy atom. The Balaban J connectivity index is 3.08. The van der Waals surface area contributed by atoms with Crippen LogP contribution >= 0.6 is 11.6 Å². The molecule has 0 unspecified atom stereocenters. The molecule has 0 N–H and O–H groups in total. The van der Waals surface area contributed by atoms with E-state index in [4.69, 9.17) is 11.6 Å². The topological polar surface area (TPSA) is 0 Å². The van der Waals surface area contributed by atoms with Crippen molar-refractivity contribution in [1.29, 1.82) is 0 Å². The maximum atomic E-state index is 6.22. The zero-order chi connectivity index (χ0) is 12.1. The van der Waals surface area contributed by atoms with E-state index in [1.807, 2.05) is 0 Å². The van der Waals surface area contributed by atoms with E-state index in [0.29, 0.717) is 0 Å². The Kier molecular flexibility index (Phi) is 13.6. The summed E-state index contributed by atoms with van der Waals surface area (Å²) in [6, 6.07) is 0.